The summed E-state index contributed by atoms with van der Waals surface area (Å²) in [4.78, 5) is 31.2. The van der Waals surface area contributed by atoms with Gasteiger partial charge in [0.05, 0.1) is 39.6 Å². The summed E-state index contributed by atoms with van der Waals surface area (Å²) in [5, 5.41) is 0. The second kappa shape index (κ2) is 21.1. The van der Waals surface area contributed by atoms with Crippen LogP contribution in [0.5, 0.6) is 0 Å². The van der Waals surface area contributed by atoms with E-state index in [4.69, 9.17) is 0 Å². The van der Waals surface area contributed by atoms with Crippen molar-refractivity contribution in [3.05, 3.63) is 0 Å². The average Bonchev–Trinajstić information content (AvgIpc) is 2.47. The molecule has 168 valence electrons. The maximum atomic E-state index is 10.4. The van der Waals surface area contributed by atoms with E-state index in [9.17, 15) is 28.4 Å². The molecule has 0 atom stereocenters. The minimum absolute atomic E-state index is 0. The Morgan fingerprint density at radius 2 is 0.571 bits per heavy atom. The van der Waals surface area contributed by atoms with Gasteiger partial charge in [-0.25, -0.2) is 0 Å². The SMILES string of the molecule is CCOP(=O)([O-])OCC.CCOP(=O)([O-])OCC.CCOP(=O)([O-])OCC.[Al+3]. The smallest absolute Gasteiger partial charge is 0.756 e. The van der Waals surface area contributed by atoms with Crippen LogP contribution in [0.4, 0.5) is 0 Å². The van der Waals surface area contributed by atoms with E-state index in [-0.39, 0.29) is 57.0 Å². The Hall–Kier alpha value is 0.862. The first-order chi connectivity index (χ1) is 12.4. The molecule has 16 heteroatoms. The van der Waals surface area contributed by atoms with Gasteiger partial charge in [0.25, 0.3) is 23.5 Å². The van der Waals surface area contributed by atoms with E-state index in [1.165, 1.54) is 0 Å². The van der Waals surface area contributed by atoms with E-state index in [0.29, 0.717) is 0 Å². The van der Waals surface area contributed by atoms with Crippen molar-refractivity contribution in [2.75, 3.05) is 39.6 Å². The first-order valence-electron chi connectivity index (χ1n) is 8.17. The van der Waals surface area contributed by atoms with Gasteiger partial charge in [-0.15, -0.1) is 0 Å². The van der Waals surface area contributed by atoms with Crippen LogP contribution in [-0.4, -0.2) is 57.0 Å². The number of hydrogen-bond donors (Lipinski definition) is 0. The van der Waals surface area contributed by atoms with Gasteiger partial charge in [-0.2, -0.15) is 0 Å². The molecule has 0 spiro atoms. The number of rotatable bonds is 12. The monoisotopic (exact) mass is 486 g/mol. The minimum atomic E-state index is -3.94. The van der Waals surface area contributed by atoms with Gasteiger partial charge in [0, 0.05) is 0 Å². The molecule has 0 aliphatic rings. The molecular weight excluding hydrogens is 456 g/mol. The molecule has 12 nitrogen and oxygen atoms in total. The predicted octanol–water partition coefficient (Wildman–Crippen LogP) is 1.20. The minimum Gasteiger partial charge on any atom is -0.756 e. The summed E-state index contributed by atoms with van der Waals surface area (Å²) in [6.45, 7) is 10.3. The molecule has 0 saturated heterocycles. The van der Waals surface area contributed by atoms with Crippen LogP contribution in [0.2, 0.25) is 0 Å². The summed E-state index contributed by atoms with van der Waals surface area (Å²) >= 11 is 0. The molecule has 0 heterocycles. The molecule has 28 heavy (non-hydrogen) atoms. The van der Waals surface area contributed by atoms with Gasteiger partial charge in [-0.05, 0) is 41.5 Å². The third-order valence-corrected chi connectivity index (χ3v) is 5.17. The first-order valence-corrected chi connectivity index (χ1v) is 12.5. The zero-order valence-electron chi connectivity index (χ0n) is 17.1. The van der Waals surface area contributed by atoms with Crippen molar-refractivity contribution in [2.24, 2.45) is 0 Å². The van der Waals surface area contributed by atoms with Crippen LogP contribution >= 0.6 is 23.5 Å². The quantitative estimate of drug-likeness (QED) is 0.285. The molecule has 0 rings (SSSR count). The molecule has 0 aliphatic heterocycles. The van der Waals surface area contributed by atoms with Crippen LogP contribution < -0.4 is 14.7 Å². The molecule has 0 aromatic heterocycles. The zero-order valence-corrected chi connectivity index (χ0v) is 20.9. The molecular formula is C12H30AlO12P3. The van der Waals surface area contributed by atoms with Crippen molar-refractivity contribution < 1.29 is 55.5 Å². The van der Waals surface area contributed by atoms with Gasteiger partial charge in [-0.3, -0.25) is 13.7 Å². The topological polar surface area (TPSA) is 176 Å². The van der Waals surface area contributed by atoms with Crippen molar-refractivity contribution in [3.63, 3.8) is 0 Å². The fraction of sp³-hybridized carbons (Fsp3) is 1.00. The van der Waals surface area contributed by atoms with Crippen molar-refractivity contribution in [1.29, 1.82) is 0 Å². The molecule has 0 bridgehead atoms. The Labute approximate surface area is 177 Å². The Morgan fingerprint density at radius 1 is 0.464 bits per heavy atom. The Balaban J connectivity index is -0.000000152. The molecule has 0 N–H and O–H groups in total. The van der Waals surface area contributed by atoms with E-state index in [2.05, 4.69) is 27.1 Å². The van der Waals surface area contributed by atoms with Crippen LogP contribution in [0.25, 0.3) is 0 Å². The number of phosphoric acid groups is 3. The summed E-state index contributed by atoms with van der Waals surface area (Å²) in [5.74, 6) is 0. The normalized spacial score (nSPS) is 11.5. The number of phosphoric ester groups is 3. The Morgan fingerprint density at radius 3 is 0.643 bits per heavy atom. The zero-order chi connectivity index (χ0) is 22.0. The van der Waals surface area contributed by atoms with Gasteiger partial charge >= 0.3 is 17.4 Å². The fourth-order valence-corrected chi connectivity index (χ4v) is 3.18. The molecule has 0 aromatic carbocycles. The van der Waals surface area contributed by atoms with Crippen molar-refractivity contribution in [2.45, 2.75) is 41.5 Å². The maximum Gasteiger partial charge on any atom is 3.00 e. The van der Waals surface area contributed by atoms with E-state index in [1.54, 1.807) is 41.5 Å². The van der Waals surface area contributed by atoms with Crippen LogP contribution in [-0.2, 0) is 40.8 Å². The van der Waals surface area contributed by atoms with E-state index >= 15 is 0 Å². The summed E-state index contributed by atoms with van der Waals surface area (Å²) in [6, 6.07) is 0. The molecule has 0 aliphatic carbocycles. The Bertz CT molecular complexity index is 382. The summed E-state index contributed by atoms with van der Waals surface area (Å²) in [6.07, 6.45) is 0. The molecule has 0 amide bonds. The summed E-state index contributed by atoms with van der Waals surface area (Å²) in [5.41, 5.74) is 0. The van der Waals surface area contributed by atoms with Gasteiger partial charge in [-0.1, -0.05) is 0 Å². The molecule has 0 saturated carbocycles. The van der Waals surface area contributed by atoms with Crippen LogP contribution in [0.3, 0.4) is 0 Å². The molecule has 0 aromatic rings. The Kier molecular flexibility index (Phi) is 27.3. The third kappa shape index (κ3) is 29.1. The van der Waals surface area contributed by atoms with E-state index in [0.717, 1.165) is 0 Å². The van der Waals surface area contributed by atoms with Crippen molar-refractivity contribution in [1.82, 2.24) is 0 Å². The van der Waals surface area contributed by atoms with Gasteiger partial charge in [0.15, 0.2) is 0 Å². The molecule has 0 radical (unpaired) electrons. The van der Waals surface area contributed by atoms with Crippen LogP contribution in [0.1, 0.15) is 41.5 Å². The molecule has 0 fully saturated rings. The fourth-order valence-electron chi connectivity index (χ4n) is 1.06. The van der Waals surface area contributed by atoms with Gasteiger partial charge in [0.1, 0.15) is 0 Å². The van der Waals surface area contributed by atoms with Crippen LogP contribution in [0.15, 0.2) is 0 Å². The summed E-state index contributed by atoms with van der Waals surface area (Å²) < 4.78 is 56.7. The van der Waals surface area contributed by atoms with Gasteiger partial charge in [0.2, 0.25) is 0 Å². The van der Waals surface area contributed by atoms with E-state index in [1.807, 2.05) is 0 Å². The maximum absolute atomic E-state index is 10.4. The average molecular weight is 486 g/mol. The standard InChI is InChI=1S/3C4H11O4P.Al/c3*1-3-7-9(5,6)8-4-2;/h3*3-4H2,1-2H3,(H,5,6);/q;;;+3/p-3. The second-order valence-corrected chi connectivity index (χ2v) is 8.08. The molecule has 0 unspecified atom stereocenters. The first kappa shape index (κ1) is 36.2. The van der Waals surface area contributed by atoms with Gasteiger partial charge < -0.3 is 41.8 Å². The summed E-state index contributed by atoms with van der Waals surface area (Å²) in [7, 11) is -11.8. The predicted molar refractivity (Wildman–Crippen MR) is 98.3 cm³/mol. The largest absolute Gasteiger partial charge is 3.00 e. The van der Waals surface area contributed by atoms with Crippen molar-refractivity contribution >= 4 is 40.8 Å². The van der Waals surface area contributed by atoms with E-state index < -0.39 is 23.5 Å². The van der Waals surface area contributed by atoms with Crippen LogP contribution in [0, 0.1) is 0 Å². The third-order valence-electron chi connectivity index (χ3n) is 1.72. The number of hydrogen-bond acceptors (Lipinski definition) is 12. The van der Waals surface area contributed by atoms with Crippen molar-refractivity contribution in [3.8, 4) is 0 Å². The second-order valence-electron chi connectivity index (χ2n) is 3.85.